The molecule has 0 bridgehead atoms. The monoisotopic (exact) mass is 434 g/mol. The van der Waals surface area contributed by atoms with E-state index in [0.717, 1.165) is 64.5 Å². The van der Waals surface area contributed by atoms with E-state index >= 15 is 0 Å². The second-order valence-corrected chi connectivity index (χ2v) is 9.40. The highest BCUT2D eigenvalue weighted by atomic mass is 16.6. The summed E-state index contributed by atoms with van der Waals surface area (Å²) in [6.45, 7) is 15.0. The number of ether oxygens (including phenoxy) is 2. The lowest BCUT2D eigenvalue weighted by molar-refractivity contribution is 0.0524. The van der Waals surface area contributed by atoms with Crippen molar-refractivity contribution in [1.82, 2.24) is 20.0 Å². The number of alkyl carbamates (subject to hydrolysis) is 1. The predicted molar refractivity (Wildman–Crippen MR) is 126 cm³/mol. The second-order valence-electron chi connectivity index (χ2n) is 9.40. The molecule has 1 aliphatic heterocycles. The Bertz CT molecular complexity index is 637. The lowest BCUT2D eigenvalue weighted by Crippen LogP contribution is -2.47. The molecule has 2 rings (SSSR count). The summed E-state index contributed by atoms with van der Waals surface area (Å²) in [5.74, 6) is 0.907. The van der Waals surface area contributed by atoms with Gasteiger partial charge in [-0.2, -0.15) is 0 Å². The summed E-state index contributed by atoms with van der Waals surface area (Å²) in [6, 6.07) is 8.32. The first-order chi connectivity index (χ1) is 14.7. The molecule has 0 aromatic heterocycles. The number of amides is 1. The molecule has 176 valence electrons. The van der Waals surface area contributed by atoms with E-state index < -0.39 is 5.60 Å². The first-order valence-electron chi connectivity index (χ1n) is 11.5. The number of nitrogens with zero attached hydrogens (tertiary/aromatic N) is 3. The highest BCUT2D eigenvalue weighted by Gasteiger charge is 2.17. The Morgan fingerprint density at radius 2 is 1.61 bits per heavy atom. The molecule has 0 atom stereocenters. The number of carbonyl (C=O) groups is 1. The van der Waals surface area contributed by atoms with Crippen molar-refractivity contribution in [3.63, 3.8) is 0 Å². The molecule has 0 radical (unpaired) electrons. The van der Waals surface area contributed by atoms with Crippen LogP contribution in [0.3, 0.4) is 0 Å². The minimum absolute atomic E-state index is 0.325. The molecule has 1 N–H and O–H groups in total. The zero-order valence-corrected chi connectivity index (χ0v) is 20.2. The molecular weight excluding hydrogens is 392 g/mol. The molecule has 1 amide bonds. The van der Waals surface area contributed by atoms with Crippen LogP contribution >= 0.6 is 0 Å². The topological polar surface area (TPSA) is 57.3 Å². The molecule has 1 saturated heterocycles. The van der Waals surface area contributed by atoms with Crippen LogP contribution in [0.4, 0.5) is 4.79 Å². The maximum atomic E-state index is 11.7. The van der Waals surface area contributed by atoms with Crippen LogP contribution in [0.1, 0.15) is 39.2 Å². The van der Waals surface area contributed by atoms with E-state index in [1.54, 1.807) is 7.11 Å². The van der Waals surface area contributed by atoms with Gasteiger partial charge >= 0.3 is 6.09 Å². The molecule has 31 heavy (non-hydrogen) atoms. The summed E-state index contributed by atoms with van der Waals surface area (Å²) in [6.07, 6.45) is 1.82. The van der Waals surface area contributed by atoms with Gasteiger partial charge in [-0.15, -0.1) is 0 Å². The molecule has 1 aromatic carbocycles. The zero-order valence-electron chi connectivity index (χ0n) is 20.2. The number of hydrogen-bond acceptors (Lipinski definition) is 6. The lowest BCUT2D eigenvalue weighted by atomic mass is 10.2. The molecule has 1 fully saturated rings. The summed E-state index contributed by atoms with van der Waals surface area (Å²) in [5.41, 5.74) is 0.878. The van der Waals surface area contributed by atoms with Gasteiger partial charge in [-0.25, -0.2) is 4.79 Å². The van der Waals surface area contributed by atoms with E-state index in [-0.39, 0.29) is 6.09 Å². The van der Waals surface area contributed by atoms with Crippen molar-refractivity contribution in [2.45, 2.75) is 45.8 Å². The highest BCUT2D eigenvalue weighted by molar-refractivity contribution is 5.67. The van der Waals surface area contributed by atoms with Gasteiger partial charge in [0.15, 0.2) is 0 Å². The Balaban J connectivity index is 1.51. The maximum absolute atomic E-state index is 11.7. The van der Waals surface area contributed by atoms with Gasteiger partial charge in [-0.3, -0.25) is 0 Å². The van der Waals surface area contributed by atoms with Crippen molar-refractivity contribution in [1.29, 1.82) is 0 Å². The van der Waals surface area contributed by atoms with Gasteiger partial charge in [0.1, 0.15) is 11.4 Å². The van der Waals surface area contributed by atoms with Crippen molar-refractivity contribution in [3.8, 4) is 5.75 Å². The Morgan fingerprint density at radius 1 is 1.03 bits per heavy atom. The number of methoxy groups -OCH3 is 1. The fourth-order valence-corrected chi connectivity index (χ4v) is 3.73. The number of piperazine rings is 1. The van der Waals surface area contributed by atoms with Crippen molar-refractivity contribution in [3.05, 3.63) is 29.8 Å². The third-order valence-electron chi connectivity index (χ3n) is 5.41. The lowest BCUT2D eigenvalue weighted by Gasteiger charge is -2.35. The van der Waals surface area contributed by atoms with Gasteiger partial charge in [-0.1, -0.05) is 12.1 Å². The summed E-state index contributed by atoms with van der Waals surface area (Å²) in [5, 5.41) is 2.84. The minimum Gasteiger partial charge on any atom is -0.497 e. The number of benzene rings is 1. The zero-order chi connectivity index (χ0) is 22.7. The van der Waals surface area contributed by atoms with Gasteiger partial charge < -0.3 is 29.5 Å². The van der Waals surface area contributed by atoms with Crippen LogP contribution in [0.2, 0.25) is 0 Å². The van der Waals surface area contributed by atoms with Crippen LogP contribution in [-0.2, 0) is 11.3 Å². The van der Waals surface area contributed by atoms with Crippen LogP contribution in [0, 0.1) is 0 Å². The van der Waals surface area contributed by atoms with Gasteiger partial charge in [0.25, 0.3) is 0 Å². The Labute approximate surface area is 188 Å². The average molecular weight is 435 g/mol. The third kappa shape index (κ3) is 10.8. The molecular formula is C24H42N4O3. The van der Waals surface area contributed by atoms with Crippen LogP contribution in [0.25, 0.3) is 0 Å². The molecule has 0 unspecified atom stereocenters. The maximum Gasteiger partial charge on any atom is 0.407 e. The molecule has 1 aromatic rings. The van der Waals surface area contributed by atoms with E-state index in [4.69, 9.17) is 9.47 Å². The highest BCUT2D eigenvalue weighted by Crippen LogP contribution is 2.13. The van der Waals surface area contributed by atoms with Crippen LogP contribution in [-0.4, -0.2) is 92.9 Å². The normalized spacial score (nSPS) is 15.8. The Hall–Kier alpha value is -1.83. The summed E-state index contributed by atoms with van der Waals surface area (Å²) in [7, 11) is 3.89. The van der Waals surface area contributed by atoms with E-state index in [9.17, 15) is 4.79 Å². The van der Waals surface area contributed by atoms with Gasteiger partial charge in [-0.05, 0) is 78.0 Å². The van der Waals surface area contributed by atoms with Gasteiger partial charge in [0.05, 0.1) is 7.11 Å². The Morgan fingerprint density at radius 3 is 2.16 bits per heavy atom. The first kappa shape index (κ1) is 25.4. The number of rotatable bonds is 11. The second kappa shape index (κ2) is 12.9. The number of carbonyl (C=O) groups excluding carboxylic acids is 1. The van der Waals surface area contributed by atoms with Crippen molar-refractivity contribution in [2.24, 2.45) is 0 Å². The summed E-state index contributed by atoms with van der Waals surface area (Å²) in [4.78, 5) is 19.1. The molecule has 0 saturated carbocycles. The fraction of sp³-hybridized carbons (Fsp3) is 0.708. The standard InChI is InChI=1S/C24H42N4O3/c1-24(2,3)31-23(29)25-12-6-14-27-16-18-28(19-17-27)15-7-13-26(4)20-21-8-10-22(30-5)11-9-21/h8-11H,6-7,12-20H2,1-5H3,(H,25,29). The van der Waals surface area contributed by atoms with E-state index in [0.29, 0.717) is 6.54 Å². The molecule has 1 heterocycles. The van der Waals surface area contributed by atoms with Crippen molar-refractivity contribution >= 4 is 6.09 Å². The first-order valence-corrected chi connectivity index (χ1v) is 11.5. The van der Waals surface area contributed by atoms with Gasteiger partial charge in [0.2, 0.25) is 0 Å². The fourth-order valence-electron chi connectivity index (χ4n) is 3.73. The summed E-state index contributed by atoms with van der Waals surface area (Å²) >= 11 is 0. The molecule has 1 aliphatic rings. The SMILES string of the molecule is COc1ccc(CN(C)CCCN2CCN(CCCNC(=O)OC(C)(C)C)CC2)cc1. The number of nitrogens with one attached hydrogen (secondary N) is 1. The molecule has 7 heteroatoms. The van der Waals surface area contributed by atoms with Crippen LogP contribution in [0.5, 0.6) is 5.75 Å². The average Bonchev–Trinajstić information content (AvgIpc) is 2.71. The van der Waals surface area contributed by atoms with Crippen molar-refractivity contribution in [2.75, 3.05) is 66.5 Å². The quantitative estimate of drug-likeness (QED) is 0.540. The third-order valence-corrected chi connectivity index (χ3v) is 5.41. The van der Waals surface area contributed by atoms with Gasteiger partial charge in [0, 0.05) is 39.3 Å². The number of hydrogen-bond donors (Lipinski definition) is 1. The van der Waals surface area contributed by atoms with E-state index in [1.807, 2.05) is 32.9 Å². The van der Waals surface area contributed by atoms with E-state index in [2.05, 4.69) is 39.2 Å². The van der Waals surface area contributed by atoms with Crippen molar-refractivity contribution < 1.29 is 14.3 Å². The molecule has 0 aliphatic carbocycles. The summed E-state index contributed by atoms with van der Waals surface area (Å²) < 4.78 is 10.5. The van der Waals surface area contributed by atoms with Crippen LogP contribution < -0.4 is 10.1 Å². The van der Waals surface area contributed by atoms with E-state index in [1.165, 1.54) is 12.0 Å². The largest absolute Gasteiger partial charge is 0.497 e. The minimum atomic E-state index is -0.440. The molecule has 0 spiro atoms. The Kier molecular flexibility index (Phi) is 10.6. The molecule has 7 nitrogen and oxygen atoms in total. The van der Waals surface area contributed by atoms with Crippen LogP contribution in [0.15, 0.2) is 24.3 Å². The predicted octanol–water partition coefficient (Wildman–Crippen LogP) is 3.05. The smallest absolute Gasteiger partial charge is 0.407 e.